The molecule has 2 unspecified atom stereocenters. The molecule has 2 atom stereocenters. The lowest BCUT2D eigenvalue weighted by molar-refractivity contribution is -0.136. The van der Waals surface area contributed by atoms with Crippen molar-refractivity contribution in [1.82, 2.24) is 15.5 Å². The predicted molar refractivity (Wildman–Crippen MR) is 200 cm³/mol. The van der Waals surface area contributed by atoms with E-state index in [9.17, 15) is 37.5 Å². The van der Waals surface area contributed by atoms with Crippen LogP contribution in [0.1, 0.15) is 62.3 Å². The van der Waals surface area contributed by atoms with E-state index >= 15 is 0 Å². The summed E-state index contributed by atoms with van der Waals surface area (Å²) < 4.78 is 30.0. The number of amides is 6. The van der Waals surface area contributed by atoms with Crippen molar-refractivity contribution < 1.29 is 42.3 Å². The number of aryl methyl sites for hydroxylation is 1. The Labute approximate surface area is 312 Å². The number of rotatable bonds is 13. The van der Waals surface area contributed by atoms with Crippen LogP contribution >= 0.6 is 0 Å². The molecule has 4 aromatic rings. The largest absolute Gasteiger partial charge is 0.495 e. The predicted octanol–water partition coefficient (Wildman–Crippen LogP) is 3.67. The highest BCUT2D eigenvalue weighted by atomic mass is 32.2. The van der Waals surface area contributed by atoms with E-state index in [2.05, 4.69) is 16.0 Å². The van der Waals surface area contributed by atoms with E-state index in [0.29, 0.717) is 76.3 Å². The van der Waals surface area contributed by atoms with Crippen LogP contribution in [-0.4, -0.2) is 82.4 Å². The van der Waals surface area contributed by atoms with E-state index in [1.165, 1.54) is 22.4 Å². The van der Waals surface area contributed by atoms with Crippen LogP contribution in [0.2, 0.25) is 0 Å². The van der Waals surface area contributed by atoms with Gasteiger partial charge in [0.2, 0.25) is 17.7 Å². The molecule has 1 fully saturated rings. The summed E-state index contributed by atoms with van der Waals surface area (Å²) in [4.78, 5) is 79.1. The summed E-state index contributed by atoms with van der Waals surface area (Å²) in [6, 6.07) is 17.6. The molecule has 54 heavy (non-hydrogen) atoms. The van der Waals surface area contributed by atoms with Gasteiger partial charge in [-0.3, -0.25) is 43.5 Å². The molecular weight excluding hydrogens is 717 g/mol. The van der Waals surface area contributed by atoms with Gasteiger partial charge in [-0.25, -0.2) is 8.51 Å². The number of fused-ring (bicyclic) bond motifs is 1. The van der Waals surface area contributed by atoms with E-state index in [-0.39, 0.29) is 42.2 Å². The Hall–Kier alpha value is -6.13. The zero-order chi connectivity index (χ0) is 38.3. The number of methoxy groups -OCH3 is 1. The van der Waals surface area contributed by atoms with E-state index in [4.69, 9.17) is 4.74 Å². The number of nitrogens with zero attached hydrogens (tertiary/aromatic N) is 3. The van der Waals surface area contributed by atoms with Crippen LogP contribution in [0.25, 0.3) is 10.8 Å². The van der Waals surface area contributed by atoms with Crippen LogP contribution in [0, 0.1) is 0 Å². The minimum Gasteiger partial charge on any atom is -0.495 e. The summed E-state index contributed by atoms with van der Waals surface area (Å²) in [5.41, 5.74) is 3.30. The van der Waals surface area contributed by atoms with Gasteiger partial charge in [0.05, 0.1) is 40.9 Å². The zero-order valence-electron chi connectivity index (χ0n) is 29.3. The molecule has 3 aliphatic heterocycles. The third-order valence-electron chi connectivity index (χ3n) is 9.80. The number of imide groups is 2. The number of ether oxygens (including phenoxy) is 1. The number of benzene rings is 4. The van der Waals surface area contributed by atoms with Gasteiger partial charge in [0.1, 0.15) is 11.8 Å². The van der Waals surface area contributed by atoms with Gasteiger partial charge in [-0.1, -0.05) is 18.2 Å². The highest BCUT2D eigenvalue weighted by Crippen LogP contribution is 2.45. The van der Waals surface area contributed by atoms with Crippen molar-refractivity contribution in [2.45, 2.75) is 38.1 Å². The molecule has 15 nitrogen and oxygen atoms in total. The van der Waals surface area contributed by atoms with E-state index in [1.54, 1.807) is 61.6 Å². The maximum Gasteiger partial charge on any atom is 0.266 e. The molecule has 7 rings (SSSR count). The van der Waals surface area contributed by atoms with E-state index in [1.807, 2.05) is 6.07 Å². The van der Waals surface area contributed by atoms with Gasteiger partial charge >= 0.3 is 0 Å². The van der Waals surface area contributed by atoms with Crippen molar-refractivity contribution in [3.05, 3.63) is 89.0 Å². The van der Waals surface area contributed by atoms with Crippen LogP contribution < -0.4 is 29.9 Å². The fourth-order valence-corrected chi connectivity index (χ4v) is 7.86. The van der Waals surface area contributed by atoms with Crippen LogP contribution in [0.5, 0.6) is 5.75 Å². The van der Waals surface area contributed by atoms with Gasteiger partial charge in [0.25, 0.3) is 29.0 Å². The first-order valence-electron chi connectivity index (χ1n) is 17.3. The molecule has 4 N–H and O–H groups in total. The lowest BCUT2D eigenvalue weighted by atomic mass is 9.97. The normalized spacial score (nSPS) is 16.8. The number of carbonyl (C=O) groups excluding carboxylic acids is 6. The summed E-state index contributed by atoms with van der Waals surface area (Å²) in [5.74, 6) is -2.39. The summed E-state index contributed by atoms with van der Waals surface area (Å²) >= 11 is -2.50. The van der Waals surface area contributed by atoms with Gasteiger partial charge in [-0.2, -0.15) is 0 Å². The fraction of sp³-hybridized carbons (Fsp3) is 0.263. The molecule has 278 valence electrons. The Kier molecular flexibility index (Phi) is 9.87. The molecule has 4 aromatic carbocycles. The van der Waals surface area contributed by atoms with Crippen molar-refractivity contribution in [2.75, 3.05) is 41.8 Å². The topological polar surface area (TPSA) is 195 Å². The Morgan fingerprint density at radius 1 is 0.963 bits per heavy atom. The summed E-state index contributed by atoms with van der Waals surface area (Å²) in [5, 5.41) is 9.45. The standard InChI is InChI=1S/C38H36N6O9S/c1-42-28-13-12-26(44(54(51)52)27-9-3-4-10-30(27)53-2)23-19-21(20-24(33(23)28)36(42)48)11-15-31(45)40-18-6-17-39-25-8-5-7-22-34(25)38(50)43(37(22)49)29-14-16-32(46)41-35(29)47/h3-5,7-10,12-13,19-20,29,39H,6,11,14-18H2,1-2H3,(H,40,45)(H,51,52)(H,41,46,47). The van der Waals surface area contributed by atoms with Crippen molar-refractivity contribution in [1.29, 1.82) is 0 Å². The Bertz CT molecular complexity index is 2290. The Morgan fingerprint density at radius 3 is 2.52 bits per heavy atom. The number of carbonyl (C=O) groups is 6. The van der Waals surface area contributed by atoms with Crippen LogP contribution in [0.4, 0.5) is 22.7 Å². The minimum absolute atomic E-state index is 0.0281. The highest BCUT2D eigenvalue weighted by Gasteiger charge is 2.45. The van der Waals surface area contributed by atoms with Crippen molar-refractivity contribution in [3.63, 3.8) is 0 Å². The molecule has 1 saturated heterocycles. The average molecular weight is 753 g/mol. The van der Waals surface area contributed by atoms with Crippen LogP contribution in [0.3, 0.4) is 0 Å². The lowest BCUT2D eigenvalue weighted by Crippen LogP contribution is -2.54. The van der Waals surface area contributed by atoms with Gasteiger partial charge in [-0.05, 0) is 73.4 Å². The van der Waals surface area contributed by atoms with Gasteiger partial charge in [-0.15, -0.1) is 0 Å². The minimum atomic E-state index is -2.50. The number of nitrogens with one attached hydrogen (secondary N) is 3. The second-order valence-electron chi connectivity index (χ2n) is 13.0. The molecule has 0 spiro atoms. The molecule has 0 aromatic heterocycles. The van der Waals surface area contributed by atoms with Crippen molar-refractivity contribution in [2.24, 2.45) is 0 Å². The average Bonchev–Trinajstić information content (AvgIpc) is 3.56. The maximum absolute atomic E-state index is 13.3. The van der Waals surface area contributed by atoms with Crippen molar-refractivity contribution >= 4 is 80.2 Å². The first-order valence-corrected chi connectivity index (χ1v) is 18.3. The second kappa shape index (κ2) is 14.7. The summed E-state index contributed by atoms with van der Waals surface area (Å²) in [6.45, 7) is 0.673. The number of para-hydroxylation sites is 2. The van der Waals surface area contributed by atoms with Gasteiger partial charge < -0.3 is 20.3 Å². The maximum atomic E-state index is 13.3. The van der Waals surface area contributed by atoms with E-state index in [0.717, 1.165) is 4.90 Å². The van der Waals surface area contributed by atoms with E-state index < -0.39 is 40.9 Å². The SMILES string of the molecule is COc1ccccc1N(c1ccc2c3c(cc(CCC(=O)NCCCNc4cccc5c4C(=O)N(C4CCC(=O)NC4=O)C5=O)cc13)C(=O)N2C)S(=O)O. The number of anilines is 4. The monoisotopic (exact) mass is 752 g/mol. The number of hydrogen-bond donors (Lipinski definition) is 4. The van der Waals surface area contributed by atoms with Gasteiger partial charge in [0.15, 0.2) is 0 Å². The molecule has 3 aliphatic rings. The number of piperidine rings is 1. The highest BCUT2D eigenvalue weighted by molar-refractivity contribution is 7.81. The van der Waals surface area contributed by atoms with Crippen molar-refractivity contribution in [3.8, 4) is 5.75 Å². The summed E-state index contributed by atoms with van der Waals surface area (Å²) in [6.07, 6.45) is 0.977. The molecule has 6 amide bonds. The first-order chi connectivity index (χ1) is 26.0. The smallest absolute Gasteiger partial charge is 0.266 e. The molecule has 3 heterocycles. The molecule has 0 aliphatic carbocycles. The first kappa shape index (κ1) is 36.2. The van der Waals surface area contributed by atoms with Crippen LogP contribution in [0.15, 0.2) is 66.7 Å². The molecule has 16 heteroatoms. The molecule has 0 saturated carbocycles. The quantitative estimate of drug-likeness (QED) is 0.0890. The molecule has 0 bridgehead atoms. The number of hydrogen-bond acceptors (Lipinski definition) is 9. The third kappa shape index (κ3) is 6.43. The second-order valence-corrected chi connectivity index (χ2v) is 13.9. The van der Waals surface area contributed by atoms with Crippen LogP contribution in [-0.2, 0) is 32.1 Å². The lowest BCUT2D eigenvalue weighted by Gasteiger charge is -2.27. The van der Waals surface area contributed by atoms with Gasteiger partial charge in [0, 0.05) is 49.4 Å². The third-order valence-corrected chi connectivity index (χ3v) is 10.5. The fourth-order valence-electron chi connectivity index (χ4n) is 7.21. The molecule has 0 radical (unpaired) electrons. The Balaban J connectivity index is 0.997. The molecular formula is C38H36N6O9S. The zero-order valence-corrected chi connectivity index (χ0v) is 30.2. The Morgan fingerprint density at radius 2 is 1.76 bits per heavy atom. The summed E-state index contributed by atoms with van der Waals surface area (Å²) in [7, 11) is 3.14.